The molecule has 0 spiro atoms. The van der Waals surface area contributed by atoms with Gasteiger partial charge in [0.1, 0.15) is 5.54 Å². The zero-order chi connectivity index (χ0) is 17.2. The molecule has 6 nitrogen and oxygen atoms in total. The minimum absolute atomic E-state index is 0.443. The van der Waals surface area contributed by atoms with Gasteiger partial charge >= 0.3 is 7.12 Å². The van der Waals surface area contributed by atoms with Crippen LogP contribution in [0.4, 0.5) is 0 Å². The Morgan fingerprint density at radius 2 is 1.71 bits per heavy atom. The lowest BCUT2D eigenvalue weighted by atomic mass is 9.76. The Hall–Kier alpha value is -2.51. The third-order valence-electron chi connectivity index (χ3n) is 4.08. The number of nitrogens with zero attached hydrogens (tertiary/aromatic N) is 4. The van der Waals surface area contributed by atoms with Gasteiger partial charge in [-0.15, -0.1) is 10.2 Å². The zero-order valence-electron chi connectivity index (χ0n) is 13.9. The normalized spacial score (nSPS) is 11.5. The second-order valence-electron chi connectivity index (χ2n) is 6.00. The standard InChI is InChI=1S/C17H19BN4O2/c1-17(2,13-9-5-4-6-10-13)22-20-16(19-21-22)14-11-7-8-12-15(14)18(23)24-3/h4-12,23H,1-3H3. The molecule has 0 aliphatic carbocycles. The molecule has 3 rings (SSSR count). The molecule has 1 aromatic heterocycles. The molecule has 0 aliphatic heterocycles. The van der Waals surface area contributed by atoms with Gasteiger partial charge in [0.05, 0.1) is 0 Å². The van der Waals surface area contributed by atoms with E-state index in [1.807, 2.05) is 62.4 Å². The molecule has 0 unspecified atom stereocenters. The van der Waals surface area contributed by atoms with Crippen molar-refractivity contribution in [3.8, 4) is 11.4 Å². The molecule has 3 aromatic rings. The number of hydrogen-bond acceptors (Lipinski definition) is 5. The van der Waals surface area contributed by atoms with Gasteiger partial charge in [-0.1, -0.05) is 54.6 Å². The highest BCUT2D eigenvalue weighted by atomic mass is 16.5. The fourth-order valence-corrected chi connectivity index (χ4v) is 2.56. The van der Waals surface area contributed by atoms with Crippen LogP contribution < -0.4 is 5.46 Å². The van der Waals surface area contributed by atoms with Crippen molar-refractivity contribution in [2.45, 2.75) is 19.4 Å². The van der Waals surface area contributed by atoms with Crippen LogP contribution >= 0.6 is 0 Å². The first kappa shape index (κ1) is 16.4. The van der Waals surface area contributed by atoms with Crippen LogP contribution in [0.25, 0.3) is 11.4 Å². The average Bonchev–Trinajstić information content (AvgIpc) is 3.12. The molecular weight excluding hydrogens is 303 g/mol. The topological polar surface area (TPSA) is 73.1 Å². The minimum Gasteiger partial charge on any atom is -0.423 e. The maximum absolute atomic E-state index is 10.0. The van der Waals surface area contributed by atoms with Crippen LogP contribution in [0.5, 0.6) is 0 Å². The molecule has 0 radical (unpaired) electrons. The van der Waals surface area contributed by atoms with Crippen LogP contribution in [0.1, 0.15) is 19.4 Å². The number of aromatic nitrogens is 4. The van der Waals surface area contributed by atoms with Crippen LogP contribution in [0.2, 0.25) is 0 Å². The van der Waals surface area contributed by atoms with E-state index in [0.29, 0.717) is 16.9 Å². The fourth-order valence-electron chi connectivity index (χ4n) is 2.56. The van der Waals surface area contributed by atoms with Gasteiger partial charge in [0, 0.05) is 12.7 Å². The van der Waals surface area contributed by atoms with Gasteiger partial charge in [-0.25, -0.2) is 0 Å². The Bertz CT molecular complexity index is 820. The lowest BCUT2D eigenvalue weighted by Gasteiger charge is -2.23. The van der Waals surface area contributed by atoms with Crippen molar-refractivity contribution >= 4 is 12.6 Å². The van der Waals surface area contributed by atoms with Crippen molar-refractivity contribution in [2.75, 3.05) is 7.11 Å². The summed E-state index contributed by atoms with van der Waals surface area (Å²) < 4.78 is 5.01. The summed E-state index contributed by atoms with van der Waals surface area (Å²) >= 11 is 0. The average molecular weight is 322 g/mol. The largest absolute Gasteiger partial charge is 0.491 e. The van der Waals surface area contributed by atoms with Crippen molar-refractivity contribution in [2.24, 2.45) is 0 Å². The molecule has 24 heavy (non-hydrogen) atoms. The van der Waals surface area contributed by atoms with Crippen LogP contribution in [-0.4, -0.2) is 39.5 Å². The Morgan fingerprint density at radius 3 is 2.42 bits per heavy atom. The third kappa shape index (κ3) is 2.96. The number of benzene rings is 2. The molecular formula is C17H19BN4O2. The van der Waals surface area contributed by atoms with Gasteiger partial charge in [0.2, 0.25) is 5.82 Å². The summed E-state index contributed by atoms with van der Waals surface area (Å²) in [5.41, 5.74) is 1.94. The van der Waals surface area contributed by atoms with Crippen LogP contribution in [0.15, 0.2) is 54.6 Å². The van der Waals surface area contributed by atoms with E-state index < -0.39 is 12.7 Å². The Kier molecular flexibility index (Phi) is 4.46. The molecule has 0 amide bonds. The van der Waals surface area contributed by atoms with Gasteiger partial charge < -0.3 is 9.68 Å². The van der Waals surface area contributed by atoms with Crippen molar-refractivity contribution < 1.29 is 9.68 Å². The maximum Gasteiger partial charge on any atom is 0.491 e. The van der Waals surface area contributed by atoms with Crippen molar-refractivity contribution in [3.63, 3.8) is 0 Å². The molecule has 0 fully saturated rings. The van der Waals surface area contributed by atoms with Gasteiger partial charge in [-0.2, -0.15) is 4.80 Å². The second kappa shape index (κ2) is 6.55. The molecule has 0 saturated carbocycles. The predicted octanol–water partition coefficient (Wildman–Crippen LogP) is 1.46. The predicted molar refractivity (Wildman–Crippen MR) is 92.7 cm³/mol. The summed E-state index contributed by atoms with van der Waals surface area (Å²) in [4.78, 5) is 1.59. The highest BCUT2D eigenvalue weighted by Crippen LogP contribution is 2.24. The summed E-state index contributed by atoms with van der Waals surface area (Å²) in [6, 6.07) is 17.3. The first-order valence-electron chi connectivity index (χ1n) is 7.70. The first-order valence-corrected chi connectivity index (χ1v) is 7.70. The van der Waals surface area contributed by atoms with E-state index in [4.69, 9.17) is 4.65 Å². The highest BCUT2D eigenvalue weighted by Gasteiger charge is 2.27. The van der Waals surface area contributed by atoms with Crippen LogP contribution in [0, 0.1) is 0 Å². The molecule has 0 saturated heterocycles. The summed E-state index contributed by atoms with van der Waals surface area (Å²) in [7, 11) is 0.417. The second-order valence-corrected chi connectivity index (χ2v) is 6.00. The van der Waals surface area contributed by atoms with E-state index in [1.54, 1.807) is 10.9 Å². The molecule has 122 valence electrons. The van der Waals surface area contributed by atoms with Gasteiger partial charge in [0.25, 0.3) is 0 Å². The number of hydrogen-bond donors (Lipinski definition) is 1. The molecule has 1 heterocycles. The van der Waals surface area contributed by atoms with Gasteiger partial charge in [-0.05, 0) is 30.1 Å². The quantitative estimate of drug-likeness (QED) is 0.720. The zero-order valence-corrected chi connectivity index (χ0v) is 13.9. The van der Waals surface area contributed by atoms with E-state index in [2.05, 4.69) is 15.4 Å². The van der Waals surface area contributed by atoms with Gasteiger partial charge in [-0.3, -0.25) is 0 Å². The molecule has 1 N–H and O–H groups in total. The van der Waals surface area contributed by atoms with Crippen molar-refractivity contribution in [3.05, 3.63) is 60.2 Å². The molecule has 0 aliphatic rings. The highest BCUT2D eigenvalue weighted by molar-refractivity contribution is 6.61. The maximum atomic E-state index is 10.0. The smallest absolute Gasteiger partial charge is 0.423 e. The third-order valence-corrected chi connectivity index (χ3v) is 4.08. The van der Waals surface area contributed by atoms with Gasteiger partial charge in [0.15, 0.2) is 0 Å². The van der Waals surface area contributed by atoms with Crippen molar-refractivity contribution in [1.29, 1.82) is 0 Å². The number of tetrazole rings is 1. The molecule has 0 bridgehead atoms. The fraction of sp³-hybridized carbons (Fsp3) is 0.235. The molecule has 2 aromatic carbocycles. The minimum atomic E-state index is -1.03. The van der Waals surface area contributed by atoms with E-state index in [1.165, 1.54) is 7.11 Å². The Labute approximate surface area is 141 Å². The molecule has 7 heteroatoms. The number of rotatable bonds is 5. The van der Waals surface area contributed by atoms with E-state index in [0.717, 1.165) is 5.56 Å². The van der Waals surface area contributed by atoms with Crippen LogP contribution in [0.3, 0.4) is 0 Å². The van der Waals surface area contributed by atoms with Crippen molar-refractivity contribution in [1.82, 2.24) is 20.2 Å². The van der Waals surface area contributed by atoms with Crippen LogP contribution in [-0.2, 0) is 10.2 Å². The molecule has 0 atom stereocenters. The Balaban J connectivity index is 2.01. The summed E-state index contributed by atoms with van der Waals surface area (Å²) in [6.07, 6.45) is 0. The lowest BCUT2D eigenvalue weighted by Crippen LogP contribution is -2.34. The monoisotopic (exact) mass is 322 g/mol. The summed E-state index contributed by atoms with van der Waals surface area (Å²) in [5, 5.41) is 22.9. The lowest BCUT2D eigenvalue weighted by molar-refractivity contribution is 0.337. The SMILES string of the molecule is COB(O)c1ccccc1-c1nnn(C(C)(C)c2ccccc2)n1. The first-order chi connectivity index (χ1) is 11.5. The van der Waals surface area contributed by atoms with E-state index in [-0.39, 0.29) is 0 Å². The Morgan fingerprint density at radius 1 is 1.04 bits per heavy atom. The summed E-state index contributed by atoms with van der Waals surface area (Å²) in [6.45, 7) is 4.06. The van der Waals surface area contributed by atoms with E-state index in [9.17, 15) is 5.02 Å². The van der Waals surface area contributed by atoms with E-state index >= 15 is 0 Å². The summed E-state index contributed by atoms with van der Waals surface area (Å²) in [5.74, 6) is 0.450.